The molecule has 1 aromatic rings. The van der Waals surface area contributed by atoms with E-state index in [0.717, 1.165) is 44.8 Å². The molecule has 0 aromatic heterocycles. The summed E-state index contributed by atoms with van der Waals surface area (Å²) in [6.45, 7) is 4.16. The van der Waals surface area contributed by atoms with Crippen LogP contribution >= 0.6 is 0 Å². The Morgan fingerprint density at radius 3 is 2.77 bits per heavy atom. The lowest BCUT2D eigenvalue weighted by Gasteiger charge is -2.26. The van der Waals surface area contributed by atoms with Gasteiger partial charge in [-0.25, -0.2) is 0 Å². The maximum absolute atomic E-state index is 6.00. The van der Waals surface area contributed by atoms with Crippen molar-refractivity contribution in [1.29, 1.82) is 0 Å². The molecule has 1 atom stereocenters. The van der Waals surface area contributed by atoms with E-state index in [4.69, 9.17) is 4.74 Å². The van der Waals surface area contributed by atoms with E-state index in [2.05, 4.69) is 46.6 Å². The van der Waals surface area contributed by atoms with Crippen molar-refractivity contribution >= 4 is 0 Å². The van der Waals surface area contributed by atoms with Gasteiger partial charge in [-0.05, 0) is 67.6 Å². The molecule has 1 aromatic carbocycles. The van der Waals surface area contributed by atoms with Crippen molar-refractivity contribution < 1.29 is 4.74 Å². The second kappa shape index (κ2) is 6.17. The van der Waals surface area contributed by atoms with Crippen LogP contribution in [0.3, 0.4) is 0 Å². The van der Waals surface area contributed by atoms with Gasteiger partial charge in [-0.2, -0.15) is 0 Å². The topological polar surface area (TPSA) is 24.5 Å². The zero-order chi connectivity index (χ0) is 14.8. The van der Waals surface area contributed by atoms with Crippen LogP contribution < -0.4 is 10.1 Å². The summed E-state index contributed by atoms with van der Waals surface area (Å²) in [4.78, 5) is 2.49. The molecule has 3 aliphatic rings. The highest BCUT2D eigenvalue weighted by molar-refractivity contribution is 5.39. The van der Waals surface area contributed by atoms with Crippen molar-refractivity contribution in [1.82, 2.24) is 10.2 Å². The third-order valence-corrected chi connectivity index (χ3v) is 4.99. The van der Waals surface area contributed by atoms with Crippen LogP contribution in [0.1, 0.15) is 24.0 Å². The maximum Gasteiger partial charge on any atom is 0.119 e. The van der Waals surface area contributed by atoms with E-state index in [1.165, 1.54) is 29.7 Å². The average Bonchev–Trinajstić information content (AvgIpc) is 2.92. The standard InChI is InChI=1S/C19H24N2O/c1-4-18(5-1)21-11-8-15-6-7-19(13-16(15)9-12-21)22-14-17-3-2-10-20-17/h1,4-7,13,17,20H,2-3,8-12,14H2/t17-/m1/s1. The average molecular weight is 296 g/mol. The van der Waals surface area contributed by atoms with E-state index in [1.54, 1.807) is 0 Å². The molecule has 1 aliphatic carbocycles. The van der Waals surface area contributed by atoms with Gasteiger partial charge in [-0.15, -0.1) is 0 Å². The highest BCUT2D eigenvalue weighted by atomic mass is 16.5. The Morgan fingerprint density at radius 1 is 1.18 bits per heavy atom. The molecular formula is C19H24N2O. The predicted molar refractivity (Wildman–Crippen MR) is 89.2 cm³/mol. The molecule has 0 spiro atoms. The first-order valence-electron chi connectivity index (χ1n) is 8.50. The molecule has 0 saturated carbocycles. The van der Waals surface area contributed by atoms with Crippen LogP contribution in [0.15, 0.2) is 42.1 Å². The Balaban J connectivity index is 1.40. The molecule has 1 saturated heterocycles. The molecule has 1 fully saturated rings. The van der Waals surface area contributed by atoms with Crippen LogP contribution in [-0.2, 0) is 12.8 Å². The van der Waals surface area contributed by atoms with Gasteiger partial charge in [0.25, 0.3) is 0 Å². The number of benzene rings is 1. The van der Waals surface area contributed by atoms with Gasteiger partial charge in [0.1, 0.15) is 12.4 Å². The van der Waals surface area contributed by atoms with Gasteiger partial charge in [0.15, 0.2) is 0 Å². The van der Waals surface area contributed by atoms with Crippen molar-refractivity contribution in [2.24, 2.45) is 0 Å². The lowest BCUT2D eigenvalue weighted by molar-refractivity contribution is 0.277. The van der Waals surface area contributed by atoms with Crippen molar-refractivity contribution in [3.05, 3.63) is 53.3 Å². The SMILES string of the molecule is C1=CC(N2CCc3ccc(OC[C@H]4CCCN4)cc3CC2)=C1. The molecule has 1 N–H and O–H groups in total. The predicted octanol–water partition coefficient (Wildman–Crippen LogP) is 2.67. The first-order valence-corrected chi connectivity index (χ1v) is 8.50. The Morgan fingerprint density at radius 2 is 2.05 bits per heavy atom. The van der Waals surface area contributed by atoms with E-state index < -0.39 is 0 Å². The fourth-order valence-electron chi connectivity index (χ4n) is 3.54. The van der Waals surface area contributed by atoms with Gasteiger partial charge in [0.05, 0.1) is 0 Å². The summed E-state index contributed by atoms with van der Waals surface area (Å²) in [5, 5.41) is 3.49. The Hall–Kier alpha value is -1.74. The quantitative estimate of drug-likeness (QED) is 0.924. The Bertz CT molecular complexity index is 599. The lowest BCUT2D eigenvalue weighted by Crippen LogP contribution is -2.28. The van der Waals surface area contributed by atoms with Gasteiger partial charge in [0, 0.05) is 24.8 Å². The molecular weight excluding hydrogens is 272 g/mol. The number of hydrogen-bond acceptors (Lipinski definition) is 3. The second-order valence-corrected chi connectivity index (χ2v) is 6.47. The summed E-state index contributed by atoms with van der Waals surface area (Å²) in [7, 11) is 0. The zero-order valence-corrected chi connectivity index (χ0v) is 13.1. The third kappa shape index (κ3) is 2.91. The van der Waals surface area contributed by atoms with Gasteiger partial charge >= 0.3 is 0 Å². The van der Waals surface area contributed by atoms with Crippen LogP contribution in [0.4, 0.5) is 0 Å². The van der Waals surface area contributed by atoms with E-state index in [9.17, 15) is 0 Å². The Labute approximate surface area is 132 Å². The number of hydrogen-bond donors (Lipinski definition) is 1. The highest BCUT2D eigenvalue weighted by Gasteiger charge is 2.18. The molecule has 3 heteroatoms. The van der Waals surface area contributed by atoms with Gasteiger partial charge in [-0.3, -0.25) is 0 Å². The molecule has 0 bridgehead atoms. The number of allylic oxidation sites excluding steroid dienone is 3. The van der Waals surface area contributed by atoms with Gasteiger partial charge < -0.3 is 15.0 Å². The molecule has 2 heterocycles. The largest absolute Gasteiger partial charge is 0.492 e. The van der Waals surface area contributed by atoms with E-state index >= 15 is 0 Å². The second-order valence-electron chi connectivity index (χ2n) is 6.47. The summed E-state index contributed by atoms with van der Waals surface area (Å²) < 4.78 is 6.00. The van der Waals surface area contributed by atoms with Gasteiger partial charge in [0.2, 0.25) is 0 Å². The zero-order valence-electron chi connectivity index (χ0n) is 13.1. The summed E-state index contributed by atoms with van der Waals surface area (Å²) in [6, 6.07) is 7.21. The number of ether oxygens (including phenoxy) is 1. The smallest absolute Gasteiger partial charge is 0.119 e. The van der Waals surface area contributed by atoms with Crippen LogP contribution in [0.25, 0.3) is 0 Å². The van der Waals surface area contributed by atoms with E-state index in [-0.39, 0.29) is 0 Å². The minimum absolute atomic E-state index is 0.534. The minimum atomic E-state index is 0.534. The molecule has 116 valence electrons. The fraction of sp³-hybridized carbons (Fsp3) is 0.474. The molecule has 0 radical (unpaired) electrons. The monoisotopic (exact) mass is 296 g/mol. The summed E-state index contributed by atoms with van der Waals surface area (Å²) >= 11 is 0. The highest BCUT2D eigenvalue weighted by Crippen LogP contribution is 2.25. The van der Waals surface area contributed by atoms with Crippen LogP contribution in [-0.4, -0.2) is 37.2 Å². The summed E-state index contributed by atoms with van der Waals surface area (Å²) in [5.74, 6) is 1.03. The molecule has 0 unspecified atom stereocenters. The minimum Gasteiger partial charge on any atom is -0.492 e. The number of fused-ring (bicyclic) bond motifs is 1. The number of rotatable bonds is 4. The van der Waals surface area contributed by atoms with Crippen molar-refractivity contribution in [2.45, 2.75) is 31.7 Å². The van der Waals surface area contributed by atoms with E-state index in [1.807, 2.05) is 0 Å². The summed E-state index contributed by atoms with van der Waals surface area (Å²) in [5.41, 5.74) is 4.33. The molecule has 22 heavy (non-hydrogen) atoms. The van der Waals surface area contributed by atoms with Crippen molar-refractivity contribution in [3.63, 3.8) is 0 Å². The number of nitrogens with one attached hydrogen (secondary N) is 1. The Kier molecular flexibility index (Phi) is 3.90. The number of nitrogens with zero attached hydrogens (tertiary/aromatic N) is 1. The normalized spacial score (nSPS) is 23.5. The van der Waals surface area contributed by atoms with Crippen molar-refractivity contribution in [3.8, 4) is 5.75 Å². The van der Waals surface area contributed by atoms with Crippen LogP contribution in [0.2, 0.25) is 0 Å². The van der Waals surface area contributed by atoms with Crippen molar-refractivity contribution in [2.75, 3.05) is 26.2 Å². The first-order chi connectivity index (χ1) is 10.9. The van der Waals surface area contributed by atoms with E-state index in [0.29, 0.717) is 6.04 Å². The molecule has 3 nitrogen and oxygen atoms in total. The van der Waals surface area contributed by atoms with Crippen LogP contribution in [0.5, 0.6) is 5.75 Å². The van der Waals surface area contributed by atoms with Crippen LogP contribution in [0, 0.1) is 0 Å². The third-order valence-electron chi connectivity index (χ3n) is 4.99. The lowest BCUT2D eigenvalue weighted by atomic mass is 10.0. The molecule has 0 amide bonds. The maximum atomic E-state index is 6.00. The summed E-state index contributed by atoms with van der Waals surface area (Å²) in [6.07, 6.45) is 11.3. The molecule has 2 aliphatic heterocycles. The molecule has 4 rings (SSSR count). The fourth-order valence-corrected chi connectivity index (χ4v) is 3.54. The van der Waals surface area contributed by atoms with Gasteiger partial charge in [-0.1, -0.05) is 12.1 Å². The first kappa shape index (κ1) is 13.9.